The van der Waals surface area contributed by atoms with E-state index in [1.54, 1.807) is 0 Å². The van der Waals surface area contributed by atoms with Gasteiger partial charge in [0.05, 0.1) is 11.8 Å². The molecule has 0 aromatic heterocycles. The molecule has 0 bridgehead atoms. The van der Waals surface area contributed by atoms with Crippen molar-refractivity contribution in [1.82, 2.24) is 5.32 Å². The van der Waals surface area contributed by atoms with E-state index in [0.717, 1.165) is 11.7 Å². The lowest BCUT2D eigenvalue weighted by atomic mass is 10.1. The Labute approximate surface area is 117 Å². The third-order valence-electron chi connectivity index (χ3n) is 3.31. The van der Waals surface area contributed by atoms with E-state index in [0.29, 0.717) is 11.3 Å². The van der Waals surface area contributed by atoms with Crippen LogP contribution in [0.3, 0.4) is 0 Å². The van der Waals surface area contributed by atoms with Crippen LogP contribution in [0.4, 0.5) is 0 Å². The molecule has 0 amide bonds. The fourth-order valence-electron chi connectivity index (χ4n) is 2.33. The highest BCUT2D eigenvalue weighted by molar-refractivity contribution is 8.14. The smallest absolute Gasteiger partial charge is 0.157 e. The Kier molecular flexibility index (Phi) is 4.16. The third kappa shape index (κ3) is 3.04. The molecular weight excluding hydrogens is 260 g/mol. The molecule has 2 nitrogen and oxygen atoms in total. The first-order valence-electron chi connectivity index (χ1n) is 6.52. The molecule has 2 atom stereocenters. The van der Waals surface area contributed by atoms with Crippen LogP contribution in [0.25, 0.3) is 0 Å². The van der Waals surface area contributed by atoms with Gasteiger partial charge in [-0.05, 0) is 24.2 Å². The lowest BCUT2D eigenvalue weighted by Crippen LogP contribution is -2.36. The van der Waals surface area contributed by atoms with Crippen LogP contribution >= 0.6 is 23.5 Å². The van der Waals surface area contributed by atoms with Crippen LogP contribution in [0, 0.1) is 0 Å². The second kappa shape index (κ2) is 6.02. The van der Waals surface area contributed by atoms with Crippen LogP contribution in [0.15, 0.2) is 35.3 Å². The minimum Gasteiger partial charge on any atom is -0.361 e. The van der Waals surface area contributed by atoms with Crippen molar-refractivity contribution in [2.24, 2.45) is 4.99 Å². The number of aliphatic imine (C=N–C) groups is 1. The normalized spacial score (nSPS) is 27.9. The van der Waals surface area contributed by atoms with E-state index in [2.05, 4.69) is 52.4 Å². The van der Waals surface area contributed by atoms with Gasteiger partial charge in [-0.1, -0.05) is 42.1 Å². The Morgan fingerprint density at radius 3 is 2.89 bits per heavy atom. The molecule has 2 heterocycles. The zero-order chi connectivity index (χ0) is 12.2. The number of hydrogen-bond donors (Lipinski definition) is 1. The van der Waals surface area contributed by atoms with E-state index in [1.165, 1.54) is 29.9 Å². The van der Waals surface area contributed by atoms with Gasteiger partial charge in [0.1, 0.15) is 0 Å². The van der Waals surface area contributed by atoms with Gasteiger partial charge in [-0.25, -0.2) is 0 Å². The first-order chi connectivity index (χ1) is 8.92. The number of benzene rings is 1. The molecule has 1 fully saturated rings. The summed E-state index contributed by atoms with van der Waals surface area (Å²) in [6.07, 6.45) is 2.63. The van der Waals surface area contributed by atoms with Crippen LogP contribution in [-0.4, -0.2) is 29.3 Å². The maximum atomic E-state index is 4.65. The molecule has 1 saturated heterocycles. The number of thioether (sulfide) groups is 2. The molecule has 2 unspecified atom stereocenters. The lowest BCUT2D eigenvalue weighted by molar-refractivity contribution is 0.597. The summed E-state index contributed by atoms with van der Waals surface area (Å²) in [5.74, 6) is 2.56. The average molecular weight is 278 g/mol. The van der Waals surface area contributed by atoms with Crippen molar-refractivity contribution in [2.75, 3.05) is 18.1 Å². The highest BCUT2D eigenvalue weighted by atomic mass is 32.2. The molecule has 3 rings (SSSR count). The van der Waals surface area contributed by atoms with E-state index in [4.69, 9.17) is 0 Å². The first-order valence-corrected chi connectivity index (χ1v) is 8.55. The number of nitrogens with zero attached hydrogens (tertiary/aromatic N) is 1. The summed E-state index contributed by atoms with van der Waals surface area (Å²) in [4.78, 5) is 4.65. The highest BCUT2D eigenvalue weighted by Gasteiger charge is 2.23. The summed E-state index contributed by atoms with van der Waals surface area (Å²) in [5, 5.41) is 5.26. The molecule has 0 saturated carbocycles. The molecule has 0 radical (unpaired) electrons. The topological polar surface area (TPSA) is 24.4 Å². The van der Waals surface area contributed by atoms with Crippen molar-refractivity contribution in [3.63, 3.8) is 0 Å². The molecule has 2 aliphatic rings. The summed E-state index contributed by atoms with van der Waals surface area (Å²) in [6.45, 7) is 0.914. The summed E-state index contributed by atoms with van der Waals surface area (Å²) in [7, 11) is 0. The van der Waals surface area contributed by atoms with E-state index >= 15 is 0 Å². The molecule has 4 heteroatoms. The molecule has 2 aliphatic heterocycles. The lowest BCUT2D eigenvalue weighted by Gasteiger charge is -2.23. The predicted molar refractivity (Wildman–Crippen MR) is 82.6 cm³/mol. The third-order valence-corrected chi connectivity index (χ3v) is 5.71. The summed E-state index contributed by atoms with van der Waals surface area (Å²) < 4.78 is 0. The minimum absolute atomic E-state index is 0.505. The van der Waals surface area contributed by atoms with Crippen molar-refractivity contribution in [3.8, 4) is 0 Å². The van der Waals surface area contributed by atoms with Gasteiger partial charge in [-0.2, -0.15) is 11.8 Å². The predicted octanol–water partition coefficient (Wildman–Crippen LogP) is 3.32. The molecule has 1 aromatic rings. The number of nitrogens with one attached hydrogen (secondary N) is 1. The number of amidine groups is 1. The van der Waals surface area contributed by atoms with Crippen molar-refractivity contribution < 1.29 is 0 Å². The molecule has 1 aromatic carbocycles. The van der Waals surface area contributed by atoms with Gasteiger partial charge in [-0.3, -0.25) is 4.99 Å². The summed E-state index contributed by atoms with van der Waals surface area (Å²) >= 11 is 3.94. The Morgan fingerprint density at radius 1 is 1.22 bits per heavy atom. The van der Waals surface area contributed by atoms with Gasteiger partial charge in [0.2, 0.25) is 0 Å². The summed E-state index contributed by atoms with van der Waals surface area (Å²) in [6, 6.07) is 11.3. The van der Waals surface area contributed by atoms with Gasteiger partial charge in [0.25, 0.3) is 0 Å². The minimum atomic E-state index is 0.505. The van der Waals surface area contributed by atoms with Crippen molar-refractivity contribution in [1.29, 1.82) is 0 Å². The largest absolute Gasteiger partial charge is 0.361 e. The Balaban J connectivity index is 1.54. The molecule has 0 spiro atoms. The summed E-state index contributed by atoms with van der Waals surface area (Å²) in [5.41, 5.74) is 1.39. The molecular formula is C14H18N2S2. The Hall–Kier alpha value is -0.610. The SMILES string of the molecule is c1ccc(C2CN=C(NC3CCCSC3)S2)cc1. The second-order valence-corrected chi connectivity index (χ2v) is 7.06. The fraction of sp³-hybridized carbons (Fsp3) is 0.500. The number of rotatable bonds is 2. The van der Waals surface area contributed by atoms with Gasteiger partial charge in [-0.15, -0.1) is 0 Å². The zero-order valence-corrected chi connectivity index (χ0v) is 12.0. The highest BCUT2D eigenvalue weighted by Crippen LogP contribution is 2.34. The standard InChI is InChI=1S/C14H18N2S2/c1-2-5-11(6-3-1)13-9-15-14(18-13)16-12-7-4-8-17-10-12/h1-3,5-6,12-13H,4,7-10H2,(H,15,16). The van der Waals surface area contributed by atoms with Crippen LogP contribution in [0.2, 0.25) is 0 Å². The van der Waals surface area contributed by atoms with Gasteiger partial charge in [0.15, 0.2) is 5.17 Å². The molecule has 1 N–H and O–H groups in total. The maximum absolute atomic E-state index is 4.65. The van der Waals surface area contributed by atoms with E-state index in [-0.39, 0.29) is 0 Å². The van der Waals surface area contributed by atoms with E-state index in [9.17, 15) is 0 Å². The maximum Gasteiger partial charge on any atom is 0.157 e. The van der Waals surface area contributed by atoms with Crippen LogP contribution in [0.5, 0.6) is 0 Å². The molecule has 96 valence electrons. The van der Waals surface area contributed by atoms with Crippen molar-refractivity contribution in [2.45, 2.75) is 24.1 Å². The van der Waals surface area contributed by atoms with Crippen LogP contribution in [-0.2, 0) is 0 Å². The fourth-order valence-corrected chi connectivity index (χ4v) is 4.49. The number of hydrogen-bond acceptors (Lipinski definition) is 4. The van der Waals surface area contributed by atoms with Gasteiger partial charge in [0, 0.05) is 11.8 Å². The Bertz CT molecular complexity index is 413. The van der Waals surface area contributed by atoms with Crippen molar-refractivity contribution >= 4 is 28.7 Å². The Morgan fingerprint density at radius 2 is 2.11 bits per heavy atom. The van der Waals surface area contributed by atoms with E-state index < -0.39 is 0 Å². The van der Waals surface area contributed by atoms with E-state index in [1.807, 2.05) is 11.8 Å². The zero-order valence-electron chi connectivity index (χ0n) is 10.3. The molecule has 18 heavy (non-hydrogen) atoms. The van der Waals surface area contributed by atoms with Crippen LogP contribution in [0.1, 0.15) is 23.7 Å². The second-order valence-electron chi connectivity index (χ2n) is 4.72. The van der Waals surface area contributed by atoms with Gasteiger partial charge < -0.3 is 5.32 Å². The quantitative estimate of drug-likeness (QED) is 0.898. The van der Waals surface area contributed by atoms with Crippen molar-refractivity contribution in [3.05, 3.63) is 35.9 Å². The first kappa shape index (κ1) is 12.4. The van der Waals surface area contributed by atoms with Gasteiger partial charge >= 0.3 is 0 Å². The average Bonchev–Trinajstić information content (AvgIpc) is 2.89. The monoisotopic (exact) mass is 278 g/mol. The van der Waals surface area contributed by atoms with Crippen LogP contribution < -0.4 is 5.32 Å². The molecule has 0 aliphatic carbocycles.